The van der Waals surface area contributed by atoms with Crippen LogP contribution in [0.4, 0.5) is 18.9 Å². The smallest absolute Gasteiger partial charge is 0.307 e. The molecule has 0 saturated carbocycles. The summed E-state index contributed by atoms with van der Waals surface area (Å²) in [4.78, 5) is 26.7. The molecule has 0 bridgehead atoms. The Balaban J connectivity index is 2.02. The largest absolute Gasteiger partial charge is 0.417 e. The van der Waals surface area contributed by atoms with Crippen LogP contribution in [0.15, 0.2) is 41.3 Å². The van der Waals surface area contributed by atoms with Gasteiger partial charge >= 0.3 is 6.18 Å². The van der Waals surface area contributed by atoms with Gasteiger partial charge in [0.1, 0.15) is 11.1 Å². The zero-order chi connectivity index (χ0) is 19.2. The van der Waals surface area contributed by atoms with Gasteiger partial charge in [-0.3, -0.25) is 9.59 Å². The molecule has 138 valence electrons. The Kier molecular flexibility index (Phi) is 4.60. The summed E-state index contributed by atoms with van der Waals surface area (Å²) >= 11 is 5.68. The highest BCUT2D eigenvalue weighted by Gasteiger charge is 2.36. The number of alkyl halides is 3. The number of hydrogen-bond donors (Lipinski definition) is 0. The third kappa shape index (κ3) is 3.11. The number of hydrogen-bond acceptors (Lipinski definition) is 2. The molecule has 0 radical (unpaired) electrons. The molecular weight excluding hydrogens is 369 g/mol. The highest BCUT2D eigenvalue weighted by Crippen LogP contribution is 2.34. The maximum absolute atomic E-state index is 13.0. The van der Waals surface area contributed by atoms with Crippen LogP contribution >= 0.6 is 11.6 Å². The molecular formula is C18H16ClF3N2O2. The molecule has 2 heterocycles. The van der Waals surface area contributed by atoms with Crippen molar-refractivity contribution in [3.05, 3.63) is 63.0 Å². The van der Waals surface area contributed by atoms with E-state index in [4.69, 9.17) is 11.6 Å². The van der Waals surface area contributed by atoms with Crippen molar-refractivity contribution in [1.82, 2.24) is 4.57 Å². The van der Waals surface area contributed by atoms with Gasteiger partial charge in [-0.2, -0.15) is 13.2 Å². The van der Waals surface area contributed by atoms with Crippen LogP contribution in [-0.4, -0.2) is 16.5 Å². The zero-order valence-corrected chi connectivity index (χ0v) is 14.8. The zero-order valence-electron chi connectivity index (χ0n) is 14.0. The number of amides is 1. The molecule has 0 unspecified atom stereocenters. The number of fused-ring (bicyclic) bond motifs is 1. The summed E-state index contributed by atoms with van der Waals surface area (Å²) in [6.45, 7) is 3.25. The fourth-order valence-corrected chi connectivity index (χ4v) is 3.45. The minimum atomic E-state index is -4.67. The SMILES string of the molecule is C[C@@H]1Cc2ccccc2N1C(=O)[C@@H](C)n1cc(C(F)(F)F)cc(Cl)c1=O. The van der Waals surface area contributed by atoms with Gasteiger partial charge in [-0.05, 0) is 38.0 Å². The van der Waals surface area contributed by atoms with Crippen molar-refractivity contribution in [2.24, 2.45) is 0 Å². The first kappa shape index (κ1) is 18.5. The molecule has 1 aliphatic rings. The number of carbonyl (C=O) groups excluding carboxylic acids is 1. The lowest BCUT2D eigenvalue weighted by atomic mass is 10.1. The number of para-hydroxylation sites is 1. The van der Waals surface area contributed by atoms with Crippen LogP contribution in [-0.2, 0) is 17.4 Å². The molecule has 26 heavy (non-hydrogen) atoms. The van der Waals surface area contributed by atoms with Crippen molar-refractivity contribution in [2.75, 3.05) is 4.90 Å². The molecule has 2 atom stereocenters. The molecule has 1 aliphatic heterocycles. The van der Waals surface area contributed by atoms with Crippen molar-refractivity contribution >= 4 is 23.2 Å². The summed E-state index contributed by atoms with van der Waals surface area (Å²) in [5, 5.41) is -0.575. The Bertz CT molecular complexity index is 923. The van der Waals surface area contributed by atoms with E-state index in [0.717, 1.165) is 10.1 Å². The van der Waals surface area contributed by atoms with Gasteiger partial charge in [-0.15, -0.1) is 0 Å². The van der Waals surface area contributed by atoms with Crippen LogP contribution in [0.25, 0.3) is 0 Å². The molecule has 0 aliphatic carbocycles. The maximum Gasteiger partial charge on any atom is 0.417 e. The monoisotopic (exact) mass is 384 g/mol. The molecule has 2 aromatic rings. The normalized spacial score (nSPS) is 17.9. The average molecular weight is 385 g/mol. The Labute approximate surface area is 152 Å². The van der Waals surface area contributed by atoms with Crippen LogP contribution in [0.2, 0.25) is 5.02 Å². The van der Waals surface area contributed by atoms with Crippen LogP contribution in [0, 0.1) is 0 Å². The van der Waals surface area contributed by atoms with Crippen molar-refractivity contribution < 1.29 is 18.0 Å². The molecule has 1 aromatic carbocycles. The summed E-state index contributed by atoms with van der Waals surface area (Å²) in [7, 11) is 0. The average Bonchev–Trinajstić information content (AvgIpc) is 2.90. The van der Waals surface area contributed by atoms with E-state index in [1.165, 1.54) is 11.8 Å². The number of rotatable bonds is 2. The first-order valence-electron chi connectivity index (χ1n) is 8.01. The van der Waals surface area contributed by atoms with E-state index in [1.807, 2.05) is 19.1 Å². The first-order chi connectivity index (χ1) is 12.1. The summed E-state index contributed by atoms with van der Waals surface area (Å²) < 4.78 is 39.9. The lowest BCUT2D eigenvalue weighted by molar-refractivity contribution is -0.138. The van der Waals surface area contributed by atoms with Gasteiger partial charge in [0.15, 0.2) is 0 Å². The Morgan fingerprint density at radius 1 is 1.31 bits per heavy atom. The molecule has 1 aromatic heterocycles. The number of benzene rings is 1. The molecule has 0 spiro atoms. The molecule has 0 fully saturated rings. The number of halogens is 4. The Hall–Kier alpha value is -2.28. The summed E-state index contributed by atoms with van der Waals surface area (Å²) in [5.74, 6) is -0.458. The van der Waals surface area contributed by atoms with E-state index < -0.39 is 34.3 Å². The molecule has 1 amide bonds. The van der Waals surface area contributed by atoms with Gasteiger partial charge in [0.05, 0.1) is 5.56 Å². The van der Waals surface area contributed by atoms with Crippen LogP contribution < -0.4 is 10.5 Å². The quantitative estimate of drug-likeness (QED) is 0.783. The number of anilines is 1. The van der Waals surface area contributed by atoms with E-state index in [0.29, 0.717) is 24.4 Å². The second kappa shape index (κ2) is 6.46. The number of pyridine rings is 1. The standard InChI is InChI=1S/C18H16ClF3N2O2/c1-10-7-12-5-3-4-6-15(12)24(10)16(25)11(2)23-9-13(18(20,21)22)8-14(19)17(23)26/h3-6,8-11H,7H2,1-2H3/t10-,11-/m1/s1. The van der Waals surface area contributed by atoms with Gasteiger partial charge in [-0.25, -0.2) is 0 Å². The van der Waals surface area contributed by atoms with Crippen LogP contribution in [0.5, 0.6) is 0 Å². The van der Waals surface area contributed by atoms with E-state index >= 15 is 0 Å². The third-order valence-electron chi connectivity index (χ3n) is 4.55. The van der Waals surface area contributed by atoms with Crippen LogP contribution in [0.1, 0.15) is 31.0 Å². The Morgan fingerprint density at radius 2 is 1.96 bits per heavy atom. The van der Waals surface area contributed by atoms with Crippen molar-refractivity contribution in [3.63, 3.8) is 0 Å². The van der Waals surface area contributed by atoms with E-state index in [1.54, 1.807) is 12.1 Å². The highest BCUT2D eigenvalue weighted by atomic mass is 35.5. The maximum atomic E-state index is 13.0. The molecule has 8 heteroatoms. The van der Waals surface area contributed by atoms with Crippen LogP contribution in [0.3, 0.4) is 0 Å². The van der Waals surface area contributed by atoms with Gasteiger partial charge in [0.2, 0.25) is 5.91 Å². The summed E-state index contributed by atoms with van der Waals surface area (Å²) in [6, 6.07) is 6.62. The topological polar surface area (TPSA) is 42.3 Å². The predicted octanol–water partition coefficient (Wildman–Crippen LogP) is 4.06. The minimum absolute atomic E-state index is 0.153. The third-order valence-corrected chi connectivity index (χ3v) is 4.82. The lowest BCUT2D eigenvalue weighted by Gasteiger charge is -2.27. The lowest BCUT2D eigenvalue weighted by Crippen LogP contribution is -2.42. The second-order valence-corrected chi connectivity index (χ2v) is 6.76. The van der Waals surface area contributed by atoms with Crippen molar-refractivity contribution in [2.45, 2.75) is 38.5 Å². The van der Waals surface area contributed by atoms with Crippen molar-refractivity contribution in [3.8, 4) is 0 Å². The molecule has 0 saturated heterocycles. The summed E-state index contributed by atoms with van der Waals surface area (Å²) in [5.41, 5.74) is -0.213. The number of aromatic nitrogens is 1. The van der Waals surface area contributed by atoms with E-state index in [9.17, 15) is 22.8 Å². The molecule has 3 rings (SSSR count). The fourth-order valence-electron chi connectivity index (χ4n) is 3.23. The van der Waals surface area contributed by atoms with Gasteiger partial charge in [0, 0.05) is 17.9 Å². The highest BCUT2D eigenvalue weighted by molar-refractivity contribution is 6.30. The second-order valence-electron chi connectivity index (χ2n) is 6.35. The first-order valence-corrected chi connectivity index (χ1v) is 8.39. The van der Waals surface area contributed by atoms with E-state index in [2.05, 4.69) is 0 Å². The van der Waals surface area contributed by atoms with Crippen molar-refractivity contribution in [1.29, 1.82) is 0 Å². The fraction of sp³-hybridized carbons (Fsp3) is 0.333. The Morgan fingerprint density at radius 3 is 2.62 bits per heavy atom. The van der Waals surface area contributed by atoms with E-state index in [-0.39, 0.29) is 6.04 Å². The predicted molar refractivity (Wildman–Crippen MR) is 92.5 cm³/mol. The molecule has 0 N–H and O–H groups in total. The van der Waals surface area contributed by atoms with Gasteiger partial charge in [-0.1, -0.05) is 29.8 Å². The summed E-state index contributed by atoms with van der Waals surface area (Å²) in [6.07, 6.45) is -3.38. The number of carbonyl (C=O) groups is 1. The number of nitrogens with zero attached hydrogens (tertiary/aromatic N) is 2. The van der Waals surface area contributed by atoms with Gasteiger partial charge < -0.3 is 9.47 Å². The van der Waals surface area contributed by atoms with Gasteiger partial charge in [0.25, 0.3) is 5.56 Å². The molecule has 4 nitrogen and oxygen atoms in total. The minimum Gasteiger partial charge on any atom is -0.307 e.